The maximum absolute atomic E-state index is 12.8. The third kappa shape index (κ3) is 4.96. The lowest BCUT2D eigenvalue weighted by Crippen LogP contribution is -2.28. The van der Waals surface area contributed by atoms with Gasteiger partial charge in [0, 0.05) is 37.9 Å². The van der Waals surface area contributed by atoms with Gasteiger partial charge in [-0.3, -0.25) is 9.48 Å². The number of benzene rings is 2. The molecule has 0 aliphatic carbocycles. The lowest BCUT2D eigenvalue weighted by molar-refractivity contribution is -0.119. The molecule has 0 saturated carbocycles. The van der Waals surface area contributed by atoms with Gasteiger partial charge in [-0.1, -0.05) is 12.1 Å². The van der Waals surface area contributed by atoms with Gasteiger partial charge in [-0.05, 0) is 54.4 Å². The third-order valence-electron chi connectivity index (χ3n) is 5.05. The van der Waals surface area contributed by atoms with E-state index in [9.17, 15) is 4.79 Å². The highest BCUT2D eigenvalue weighted by atomic mass is 35.5. The number of aryl methyl sites for hydroxylation is 2. The lowest BCUT2D eigenvalue weighted by atomic mass is 9.90. The van der Waals surface area contributed by atoms with Gasteiger partial charge in [0.15, 0.2) is 0 Å². The van der Waals surface area contributed by atoms with Crippen LogP contribution in [0, 0.1) is 12.8 Å². The van der Waals surface area contributed by atoms with Crippen LogP contribution in [0.4, 0.5) is 5.69 Å². The maximum Gasteiger partial charge on any atom is 0.229 e. The van der Waals surface area contributed by atoms with Gasteiger partial charge in [0.2, 0.25) is 5.91 Å². The average Bonchev–Trinajstić information content (AvgIpc) is 3.32. The van der Waals surface area contributed by atoms with Crippen molar-refractivity contribution >= 4 is 24.0 Å². The predicted molar refractivity (Wildman–Crippen MR) is 116 cm³/mol. The number of anilines is 1. The van der Waals surface area contributed by atoms with Gasteiger partial charge in [0.25, 0.3) is 0 Å². The summed E-state index contributed by atoms with van der Waals surface area (Å²) >= 11 is 0. The number of hydrogen-bond donors (Lipinski definition) is 2. The molecule has 1 fully saturated rings. The van der Waals surface area contributed by atoms with E-state index in [1.807, 2.05) is 74.9 Å². The molecule has 2 N–H and O–H groups in total. The second kappa shape index (κ2) is 9.11. The molecule has 4 rings (SSSR count). The smallest absolute Gasteiger partial charge is 0.229 e. The normalized spacial score (nSPS) is 18.1. The second-order valence-electron chi connectivity index (χ2n) is 7.25. The minimum Gasteiger partial charge on any atom is -0.457 e. The molecular weight excluding hydrogens is 388 g/mol. The van der Waals surface area contributed by atoms with E-state index in [4.69, 9.17) is 4.74 Å². The van der Waals surface area contributed by atoms with E-state index in [-0.39, 0.29) is 30.2 Å². The number of carbonyl (C=O) groups excluding carboxylic acids is 1. The predicted octanol–water partition coefficient (Wildman–Crippen LogP) is 3.88. The Hall–Kier alpha value is -2.83. The molecule has 2 atom stereocenters. The van der Waals surface area contributed by atoms with Crippen LogP contribution in [0.2, 0.25) is 0 Å². The van der Waals surface area contributed by atoms with Gasteiger partial charge in [-0.2, -0.15) is 5.10 Å². The number of ether oxygens (including phenoxy) is 1. The Kier molecular flexibility index (Phi) is 6.56. The van der Waals surface area contributed by atoms with Crippen LogP contribution in [0.15, 0.2) is 60.9 Å². The first-order chi connectivity index (χ1) is 13.6. The van der Waals surface area contributed by atoms with Gasteiger partial charge in [0.1, 0.15) is 11.5 Å². The number of rotatable bonds is 5. The van der Waals surface area contributed by atoms with Gasteiger partial charge in [0.05, 0.1) is 12.1 Å². The van der Waals surface area contributed by atoms with Crippen LogP contribution in [0.3, 0.4) is 0 Å². The number of aromatic nitrogens is 2. The van der Waals surface area contributed by atoms with Gasteiger partial charge in [-0.15, -0.1) is 12.4 Å². The zero-order valence-electron chi connectivity index (χ0n) is 16.5. The molecule has 1 amide bonds. The summed E-state index contributed by atoms with van der Waals surface area (Å²) in [7, 11) is 1.89. The van der Waals surface area contributed by atoms with Crippen molar-refractivity contribution in [1.29, 1.82) is 0 Å². The van der Waals surface area contributed by atoms with E-state index in [2.05, 4.69) is 15.7 Å². The summed E-state index contributed by atoms with van der Waals surface area (Å²) < 4.78 is 7.64. The minimum atomic E-state index is -0.118. The molecule has 0 unspecified atom stereocenters. The summed E-state index contributed by atoms with van der Waals surface area (Å²) in [6.45, 7) is 3.48. The molecule has 2 aromatic carbocycles. The molecule has 1 aromatic heterocycles. The fourth-order valence-electron chi connectivity index (χ4n) is 3.59. The topological polar surface area (TPSA) is 68.2 Å². The second-order valence-corrected chi connectivity index (χ2v) is 7.25. The van der Waals surface area contributed by atoms with E-state index in [1.165, 1.54) is 0 Å². The Morgan fingerprint density at radius 3 is 2.66 bits per heavy atom. The Labute approximate surface area is 176 Å². The van der Waals surface area contributed by atoms with E-state index in [1.54, 1.807) is 4.68 Å². The SMILES string of the molecule is Cc1cccc(Oc2ccc(NC(=O)[C@H]3CNC[C@@H]3c3cnn(C)c3)cc2)c1.Cl. The summed E-state index contributed by atoms with van der Waals surface area (Å²) in [5, 5.41) is 10.6. The van der Waals surface area contributed by atoms with Crippen LogP contribution < -0.4 is 15.4 Å². The van der Waals surface area contributed by atoms with Crippen LogP contribution in [-0.2, 0) is 11.8 Å². The van der Waals surface area contributed by atoms with Crippen molar-refractivity contribution in [2.24, 2.45) is 13.0 Å². The van der Waals surface area contributed by atoms with Crippen molar-refractivity contribution in [3.05, 3.63) is 72.1 Å². The lowest BCUT2D eigenvalue weighted by Gasteiger charge is -2.17. The largest absolute Gasteiger partial charge is 0.457 e. The Bertz CT molecular complexity index is 971. The minimum absolute atomic E-state index is 0. The van der Waals surface area contributed by atoms with Gasteiger partial charge < -0.3 is 15.4 Å². The summed E-state index contributed by atoms with van der Waals surface area (Å²) in [5.41, 5.74) is 3.00. The van der Waals surface area contributed by atoms with Crippen LogP contribution in [0.5, 0.6) is 11.5 Å². The highest BCUT2D eigenvalue weighted by molar-refractivity contribution is 5.93. The van der Waals surface area contributed by atoms with E-state index >= 15 is 0 Å². The fraction of sp³-hybridized carbons (Fsp3) is 0.273. The number of nitrogens with zero attached hydrogens (tertiary/aromatic N) is 2. The number of amides is 1. The number of halogens is 1. The first-order valence-corrected chi connectivity index (χ1v) is 9.43. The van der Waals surface area contributed by atoms with Gasteiger partial charge in [-0.25, -0.2) is 0 Å². The Balaban J connectivity index is 0.00000240. The molecule has 152 valence electrons. The summed E-state index contributed by atoms with van der Waals surface area (Å²) in [5.74, 6) is 1.57. The maximum atomic E-state index is 12.8. The number of carbonyl (C=O) groups is 1. The molecule has 7 heteroatoms. The van der Waals surface area contributed by atoms with Crippen LogP contribution >= 0.6 is 12.4 Å². The molecule has 0 spiro atoms. The highest BCUT2D eigenvalue weighted by Crippen LogP contribution is 2.29. The number of hydrogen-bond acceptors (Lipinski definition) is 4. The average molecular weight is 413 g/mol. The summed E-state index contributed by atoms with van der Waals surface area (Å²) in [6, 6.07) is 15.4. The first-order valence-electron chi connectivity index (χ1n) is 9.43. The molecule has 29 heavy (non-hydrogen) atoms. The molecule has 1 aliphatic heterocycles. The van der Waals surface area contributed by atoms with Crippen molar-refractivity contribution < 1.29 is 9.53 Å². The molecule has 0 bridgehead atoms. The molecular formula is C22H25ClN4O2. The first kappa shape index (κ1) is 20.9. The third-order valence-corrected chi connectivity index (χ3v) is 5.05. The highest BCUT2D eigenvalue weighted by Gasteiger charge is 2.34. The van der Waals surface area contributed by atoms with Crippen molar-refractivity contribution in [3.63, 3.8) is 0 Å². The quantitative estimate of drug-likeness (QED) is 0.667. The summed E-state index contributed by atoms with van der Waals surface area (Å²) in [4.78, 5) is 12.8. The molecule has 3 aromatic rings. The molecule has 1 saturated heterocycles. The van der Waals surface area contributed by atoms with Crippen molar-refractivity contribution in [2.45, 2.75) is 12.8 Å². The van der Waals surface area contributed by atoms with Gasteiger partial charge >= 0.3 is 0 Å². The van der Waals surface area contributed by atoms with Crippen molar-refractivity contribution in [1.82, 2.24) is 15.1 Å². The van der Waals surface area contributed by atoms with Crippen LogP contribution in [0.25, 0.3) is 0 Å². The van der Waals surface area contributed by atoms with Crippen LogP contribution in [0.1, 0.15) is 17.0 Å². The Morgan fingerprint density at radius 1 is 1.17 bits per heavy atom. The standard InChI is InChI=1S/C22H24N4O2.ClH/c1-15-4-3-5-19(10-15)28-18-8-6-17(7-9-18)25-22(27)21-13-23-12-20(21)16-11-24-26(2)14-16;/h3-11,14,20-21,23H,12-13H2,1-2H3,(H,25,27);1H/t20-,21+;/m1./s1. The monoisotopic (exact) mass is 412 g/mol. The molecule has 1 aliphatic rings. The zero-order chi connectivity index (χ0) is 19.5. The van der Waals surface area contributed by atoms with Crippen molar-refractivity contribution in [3.8, 4) is 11.5 Å². The zero-order valence-corrected chi connectivity index (χ0v) is 17.3. The molecule has 6 nitrogen and oxygen atoms in total. The Morgan fingerprint density at radius 2 is 1.97 bits per heavy atom. The van der Waals surface area contributed by atoms with E-state index in [0.717, 1.165) is 34.9 Å². The summed E-state index contributed by atoms with van der Waals surface area (Å²) in [6.07, 6.45) is 3.82. The van der Waals surface area contributed by atoms with E-state index < -0.39 is 0 Å². The van der Waals surface area contributed by atoms with Crippen molar-refractivity contribution in [2.75, 3.05) is 18.4 Å². The molecule has 2 heterocycles. The number of nitrogens with one attached hydrogen (secondary N) is 2. The van der Waals surface area contributed by atoms with E-state index in [0.29, 0.717) is 6.54 Å². The fourth-order valence-corrected chi connectivity index (χ4v) is 3.59. The molecule has 0 radical (unpaired) electrons. The van der Waals surface area contributed by atoms with Crippen LogP contribution in [-0.4, -0.2) is 28.8 Å².